The summed E-state index contributed by atoms with van der Waals surface area (Å²) in [6.45, 7) is 0. The van der Waals surface area contributed by atoms with Crippen molar-refractivity contribution < 1.29 is 0 Å². The topological polar surface area (TPSA) is 42.2 Å². The molecule has 0 bridgehead atoms. The minimum atomic E-state index is 0.495. The molecular weight excluding hydrogens is 271 g/mol. The molecule has 0 aliphatic carbocycles. The van der Waals surface area contributed by atoms with Crippen LogP contribution >= 0.6 is 23.2 Å². The van der Waals surface area contributed by atoms with E-state index in [1.807, 2.05) is 24.3 Å². The zero-order chi connectivity index (χ0) is 12.5. The highest BCUT2D eigenvalue weighted by molar-refractivity contribution is 6.31. The lowest BCUT2D eigenvalue weighted by atomic mass is 10.3. The van der Waals surface area contributed by atoms with Crippen molar-refractivity contribution in [1.82, 2.24) is 14.6 Å². The predicted molar refractivity (Wildman–Crippen MR) is 72.7 cm³/mol. The third-order valence-electron chi connectivity index (χ3n) is 2.41. The third-order valence-corrected chi connectivity index (χ3v) is 2.92. The molecule has 0 spiro atoms. The summed E-state index contributed by atoms with van der Waals surface area (Å²) in [5.74, 6) is 0.648. The van der Waals surface area contributed by atoms with Crippen molar-refractivity contribution in [1.29, 1.82) is 0 Å². The average molecular weight is 279 g/mol. The second-order valence-corrected chi connectivity index (χ2v) is 4.52. The van der Waals surface area contributed by atoms with E-state index in [2.05, 4.69) is 15.4 Å². The van der Waals surface area contributed by atoms with Gasteiger partial charge in [0, 0.05) is 22.8 Å². The van der Waals surface area contributed by atoms with Gasteiger partial charge >= 0.3 is 0 Å². The average Bonchev–Trinajstić information content (AvgIpc) is 2.77. The molecule has 0 fully saturated rings. The van der Waals surface area contributed by atoms with Crippen LogP contribution in [0.25, 0.3) is 5.65 Å². The summed E-state index contributed by atoms with van der Waals surface area (Å²) in [5.41, 5.74) is 1.54. The van der Waals surface area contributed by atoms with Gasteiger partial charge in [0.25, 0.3) is 0 Å². The van der Waals surface area contributed by atoms with Gasteiger partial charge in [-0.05, 0) is 18.2 Å². The fourth-order valence-corrected chi connectivity index (χ4v) is 2.08. The smallest absolute Gasteiger partial charge is 0.159 e. The molecule has 6 heteroatoms. The van der Waals surface area contributed by atoms with Crippen LogP contribution in [0, 0.1) is 0 Å². The van der Waals surface area contributed by atoms with E-state index in [0.717, 1.165) is 5.69 Å². The van der Waals surface area contributed by atoms with Crippen molar-refractivity contribution in [2.24, 2.45) is 0 Å². The van der Waals surface area contributed by atoms with Gasteiger partial charge in [0.1, 0.15) is 11.0 Å². The molecule has 3 rings (SSSR count). The first-order valence-electron chi connectivity index (χ1n) is 5.25. The largest absolute Gasteiger partial charge is 0.340 e. The van der Waals surface area contributed by atoms with Gasteiger partial charge < -0.3 is 5.32 Å². The summed E-state index contributed by atoms with van der Waals surface area (Å²) in [6.07, 6.45) is 1.65. The lowest BCUT2D eigenvalue weighted by Crippen LogP contribution is -1.98. The van der Waals surface area contributed by atoms with Gasteiger partial charge in [-0.2, -0.15) is 5.10 Å². The van der Waals surface area contributed by atoms with Gasteiger partial charge in [0.05, 0.1) is 6.20 Å². The van der Waals surface area contributed by atoms with Gasteiger partial charge in [-0.1, -0.05) is 29.3 Å². The zero-order valence-corrected chi connectivity index (χ0v) is 10.7. The molecule has 90 valence electrons. The molecule has 0 amide bonds. The number of anilines is 2. The Labute approximate surface area is 113 Å². The molecule has 0 saturated carbocycles. The van der Waals surface area contributed by atoms with Crippen molar-refractivity contribution in [2.75, 3.05) is 5.32 Å². The number of rotatable bonds is 2. The molecule has 0 aliphatic heterocycles. The summed E-state index contributed by atoms with van der Waals surface area (Å²) in [5, 5.41) is 8.36. The predicted octanol–water partition coefficient (Wildman–Crippen LogP) is 3.78. The summed E-state index contributed by atoms with van der Waals surface area (Å²) in [7, 11) is 0. The highest BCUT2D eigenvalue weighted by Crippen LogP contribution is 2.21. The van der Waals surface area contributed by atoms with Crippen LogP contribution in [0.3, 0.4) is 0 Å². The Bertz CT molecular complexity index is 708. The highest BCUT2D eigenvalue weighted by Gasteiger charge is 2.04. The van der Waals surface area contributed by atoms with Crippen molar-refractivity contribution in [3.8, 4) is 0 Å². The van der Waals surface area contributed by atoms with Gasteiger partial charge in [0.15, 0.2) is 5.65 Å². The second kappa shape index (κ2) is 4.48. The SMILES string of the molecule is Clc1cccc(Nc2cc(Cl)n3nccc3n2)c1. The van der Waals surface area contributed by atoms with E-state index in [9.17, 15) is 0 Å². The van der Waals surface area contributed by atoms with Crippen LogP contribution in [0.15, 0.2) is 42.6 Å². The molecule has 2 heterocycles. The van der Waals surface area contributed by atoms with E-state index >= 15 is 0 Å². The van der Waals surface area contributed by atoms with Crippen LogP contribution in [0.2, 0.25) is 10.2 Å². The molecule has 4 nitrogen and oxygen atoms in total. The summed E-state index contributed by atoms with van der Waals surface area (Å²) >= 11 is 12.0. The zero-order valence-electron chi connectivity index (χ0n) is 9.14. The maximum atomic E-state index is 6.10. The molecule has 0 unspecified atom stereocenters. The van der Waals surface area contributed by atoms with E-state index in [-0.39, 0.29) is 0 Å². The van der Waals surface area contributed by atoms with Crippen LogP contribution < -0.4 is 5.32 Å². The number of aromatic nitrogens is 3. The molecular formula is C12H8Cl2N4. The lowest BCUT2D eigenvalue weighted by Gasteiger charge is -2.07. The van der Waals surface area contributed by atoms with Gasteiger partial charge in [-0.15, -0.1) is 0 Å². The molecule has 0 atom stereocenters. The maximum absolute atomic E-state index is 6.10. The minimum absolute atomic E-state index is 0.495. The number of nitrogens with one attached hydrogen (secondary N) is 1. The number of halogens is 2. The molecule has 3 aromatic rings. The Morgan fingerprint density at radius 3 is 2.83 bits per heavy atom. The Morgan fingerprint density at radius 2 is 2.00 bits per heavy atom. The Morgan fingerprint density at radius 1 is 1.11 bits per heavy atom. The number of benzene rings is 1. The van der Waals surface area contributed by atoms with Crippen LogP contribution in [-0.4, -0.2) is 14.6 Å². The van der Waals surface area contributed by atoms with Gasteiger partial charge in [-0.25, -0.2) is 9.50 Å². The number of nitrogens with zero attached hydrogens (tertiary/aromatic N) is 3. The van der Waals surface area contributed by atoms with E-state index in [1.165, 1.54) is 0 Å². The maximum Gasteiger partial charge on any atom is 0.159 e. The summed E-state index contributed by atoms with van der Waals surface area (Å²) < 4.78 is 1.56. The molecule has 2 aromatic heterocycles. The third kappa shape index (κ3) is 2.12. The number of hydrogen-bond acceptors (Lipinski definition) is 3. The number of hydrogen-bond donors (Lipinski definition) is 1. The van der Waals surface area contributed by atoms with Crippen molar-refractivity contribution >= 4 is 40.4 Å². The summed E-state index contributed by atoms with van der Waals surface area (Å²) in [4.78, 5) is 4.38. The van der Waals surface area contributed by atoms with E-state index in [1.54, 1.807) is 22.8 Å². The van der Waals surface area contributed by atoms with Crippen LogP contribution in [0.1, 0.15) is 0 Å². The van der Waals surface area contributed by atoms with Crippen molar-refractivity contribution in [3.63, 3.8) is 0 Å². The molecule has 1 aromatic carbocycles. The van der Waals surface area contributed by atoms with Gasteiger partial charge in [0.2, 0.25) is 0 Å². The molecule has 0 saturated heterocycles. The van der Waals surface area contributed by atoms with E-state index in [0.29, 0.717) is 21.6 Å². The lowest BCUT2D eigenvalue weighted by molar-refractivity contribution is 0.942. The number of fused-ring (bicyclic) bond motifs is 1. The second-order valence-electron chi connectivity index (χ2n) is 3.70. The molecule has 0 aliphatic rings. The quantitative estimate of drug-likeness (QED) is 0.726. The van der Waals surface area contributed by atoms with Crippen LogP contribution in [0.5, 0.6) is 0 Å². The highest BCUT2D eigenvalue weighted by atomic mass is 35.5. The molecule has 1 N–H and O–H groups in total. The van der Waals surface area contributed by atoms with Crippen LogP contribution in [-0.2, 0) is 0 Å². The van der Waals surface area contributed by atoms with Crippen molar-refractivity contribution in [2.45, 2.75) is 0 Å². The van der Waals surface area contributed by atoms with Crippen molar-refractivity contribution in [3.05, 3.63) is 52.8 Å². The Kier molecular flexibility index (Phi) is 2.81. The fourth-order valence-electron chi connectivity index (χ4n) is 1.65. The fraction of sp³-hybridized carbons (Fsp3) is 0. The molecule has 0 radical (unpaired) electrons. The monoisotopic (exact) mass is 278 g/mol. The molecule has 18 heavy (non-hydrogen) atoms. The van der Waals surface area contributed by atoms with Gasteiger partial charge in [-0.3, -0.25) is 0 Å². The minimum Gasteiger partial charge on any atom is -0.340 e. The first-order valence-corrected chi connectivity index (χ1v) is 6.01. The van der Waals surface area contributed by atoms with E-state index in [4.69, 9.17) is 23.2 Å². The van der Waals surface area contributed by atoms with Crippen LogP contribution in [0.4, 0.5) is 11.5 Å². The Balaban J connectivity index is 1.99. The van der Waals surface area contributed by atoms with E-state index < -0.39 is 0 Å². The normalized spacial score (nSPS) is 10.8. The Hall–Kier alpha value is -1.78. The summed E-state index contributed by atoms with van der Waals surface area (Å²) in [6, 6.07) is 10.9. The standard InChI is InChI=1S/C12H8Cl2N4/c13-8-2-1-3-9(6-8)16-11-7-10(14)18-12(17-11)4-5-15-18/h1-7H,(H,16,17). The first-order chi connectivity index (χ1) is 8.72. The first kappa shape index (κ1) is 11.3.